The summed E-state index contributed by atoms with van der Waals surface area (Å²) in [5.41, 5.74) is -3.42. The highest BCUT2D eigenvalue weighted by atomic mass is 19.4. The van der Waals surface area contributed by atoms with Gasteiger partial charge in [0, 0.05) is 6.54 Å². The second-order valence-corrected chi connectivity index (χ2v) is 6.66. The molecule has 0 aliphatic carbocycles. The van der Waals surface area contributed by atoms with Gasteiger partial charge >= 0.3 is 12.2 Å². The average Bonchev–Trinajstić information content (AvgIpc) is 2.95. The molecule has 6 nitrogen and oxygen atoms in total. The average molecular weight is 407 g/mol. The summed E-state index contributed by atoms with van der Waals surface area (Å²) in [5.74, 6) is -0.701. The molecule has 0 saturated carbocycles. The normalized spacial score (nSPS) is 19.6. The maximum atomic E-state index is 13.9. The second kappa shape index (κ2) is 8.12. The van der Waals surface area contributed by atoms with Crippen molar-refractivity contribution in [1.82, 2.24) is 15.1 Å². The van der Waals surface area contributed by atoms with E-state index in [1.807, 2.05) is 23.5 Å². The Morgan fingerprint density at radius 1 is 1.03 bits per heavy atom. The van der Waals surface area contributed by atoms with Gasteiger partial charge in [-0.15, -0.1) is 0 Å². The third kappa shape index (κ3) is 4.04. The Labute approximate surface area is 165 Å². The van der Waals surface area contributed by atoms with Crippen molar-refractivity contribution in [1.29, 1.82) is 0 Å². The first kappa shape index (κ1) is 20.7. The molecule has 3 amide bonds. The van der Waals surface area contributed by atoms with Gasteiger partial charge < -0.3 is 10.1 Å². The molecular formula is C20H20F3N3O3. The monoisotopic (exact) mass is 407 g/mol. The fourth-order valence-electron chi connectivity index (χ4n) is 3.09. The summed E-state index contributed by atoms with van der Waals surface area (Å²) in [6.45, 7) is 0.247. The number of ether oxygens (including phenoxy) is 1. The van der Waals surface area contributed by atoms with Crippen molar-refractivity contribution in [2.45, 2.75) is 11.7 Å². The van der Waals surface area contributed by atoms with E-state index in [1.165, 1.54) is 35.2 Å². The molecule has 1 unspecified atom stereocenters. The summed E-state index contributed by atoms with van der Waals surface area (Å²) in [6.07, 6.45) is -5.00. The number of para-hydroxylation sites is 1. The predicted molar refractivity (Wildman–Crippen MR) is 99.0 cm³/mol. The number of likely N-dealkylation sites (N-methyl/N-ethyl adjacent to an activating group) is 1. The highest BCUT2D eigenvalue weighted by Crippen LogP contribution is 2.43. The number of hydrogen-bond acceptors (Lipinski definition) is 4. The lowest BCUT2D eigenvalue weighted by atomic mass is 9.89. The summed E-state index contributed by atoms with van der Waals surface area (Å²) >= 11 is 0. The van der Waals surface area contributed by atoms with Crippen molar-refractivity contribution < 1.29 is 27.5 Å². The Hall–Kier alpha value is -3.07. The number of urea groups is 1. The number of nitrogens with zero attached hydrogens (tertiary/aromatic N) is 2. The van der Waals surface area contributed by atoms with Gasteiger partial charge in [0.15, 0.2) is 0 Å². The van der Waals surface area contributed by atoms with Crippen molar-refractivity contribution in [3.63, 3.8) is 0 Å². The van der Waals surface area contributed by atoms with Gasteiger partial charge in [0.05, 0.1) is 6.67 Å². The van der Waals surface area contributed by atoms with Gasteiger partial charge in [-0.3, -0.25) is 9.69 Å². The van der Waals surface area contributed by atoms with Crippen LogP contribution in [0.5, 0.6) is 5.75 Å². The number of carbonyl (C=O) groups is 2. The molecule has 1 N–H and O–H groups in total. The zero-order valence-corrected chi connectivity index (χ0v) is 15.6. The minimum absolute atomic E-state index is 0.243. The largest absolute Gasteiger partial charge is 0.492 e. The fourth-order valence-corrected chi connectivity index (χ4v) is 3.09. The molecule has 1 saturated heterocycles. The van der Waals surface area contributed by atoms with Crippen LogP contribution in [0, 0.1) is 0 Å². The van der Waals surface area contributed by atoms with Crippen LogP contribution < -0.4 is 10.1 Å². The van der Waals surface area contributed by atoms with Gasteiger partial charge in [0.2, 0.25) is 5.54 Å². The van der Waals surface area contributed by atoms with E-state index in [4.69, 9.17) is 4.74 Å². The number of hydrogen-bond donors (Lipinski definition) is 1. The van der Waals surface area contributed by atoms with E-state index in [0.717, 1.165) is 0 Å². The minimum atomic E-state index is -5.00. The van der Waals surface area contributed by atoms with Crippen LogP contribution in [0.15, 0.2) is 60.7 Å². The van der Waals surface area contributed by atoms with Gasteiger partial charge in [-0.25, -0.2) is 9.69 Å². The van der Waals surface area contributed by atoms with Crippen LogP contribution >= 0.6 is 0 Å². The summed E-state index contributed by atoms with van der Waals surface area (Å²) in [4.78, 5) is 27.2. The maximum Gasteiger partial charge on any atom is 0.425 e. The Morgan fingerprint density at radius 2 is 1.62 bits per heavy atom. The first-order valence-corrected chi connectivity index (χ1v) is 8.88. The Kier molecular flexibility index (Phi) is 5.78. The molecule has 3 rings (SSSR count). The van der Waals surface area contributed by atoms with Gasteiger partial charge in [-0.2, -0.15) is 13.2 Å². The lowest BCUT2D eigenvalue weighted by Crippen LogP contribution is -2.56. The van der Waals surface area contributed by atoms with Gasteiger partial charge in [0.25, 0.3) is 5.91 Å². The smallest absolute Gasteiger partial charge is 0.425 e. The van der Waals surface area contributed by atoms with Crippen LogP contribution in [0.2, 0.25) is 0 Å². The quantitative estimate of drug-likeness (QED) is 0.717. The summed E-state index contributed by atoms with van der Waals surface area (Å²) in [7, 11) is 1.59. The van der Waals surface area contributed by atoms with E-state index in [0.29, 0.717) is 17.2 Å². The number of carbonyl (C=O) groups excluding carboxylic acids is 2. The van der Waals surface area contributed by atoms with E-state index in [9.17, 15) is 22.8 Å². The van der Waals surface area contributed by atoms with Crippen LogP contribution in [-0.2, 0) is 10.3 Å². The zero-order valence-electron chi connectivity index (χ0n) is 15.6. The highest BCUT2D eigenvalue weighted by Gasteiger charge is 2.68. The lowest BCUT2D eigenvalue weighted by Gasteiger charge is -2.30. The van der Waals surface area contributed by atoms with Gasteiger partial charge in [-0.1, -0.05) is 48.5 Å². The van der Waals surface area contributed by atoms with Crippen LogP contribution in [0.4, 0.5) is 18.0 Å². The van der Waals surface area contributed by atoms with E-state index in [1.54, 1.807) is 19.2 Å². The standard InChI is InChI=1S/C20H20F3N3O3/c1-25(12-13-29-16-10-6-3-7-11-16)14-26-17(27)19(20(21,22)23,24-18(26)28)15-8-4-2-5-9-15/h2-11H,12-14H2,1H3,(H,24,28). The molecule has 154 valence electrons. The van der Waals surface area contributed by atoms with E-state index in [-0.39, 0.29) is 18.8 Å². The molecular weight excluding hydrogens is 387 g/mol. The molecule has 1 fully saturated rings. The fraction of sp³-hybridized carbons (Fsp3) is 0.300. The van der Waals surface area contributed by atoms with Crippen LogP contribution in [0.1, 0.15) is 5.56 Å². The van der Waals surface area contributed by atoms with Crippen LogP contribution in [0.3, 0.4) is 0 Å². The van der Waals surface area contributed by atoms with Crippen molar-refractivity contribution >= 4 is 11.9 Å². The molecule has 0 bridgehead atoms. The molecule has 2 aromatic rings. The number of halogens is 3. The van der Waals surface area contributed by atoms with Gasteiger partial charge in [0.1, 0.15) is 12.4 Å². The SMILES string of the molecule is CN(CCOc1ccccc1)CN1C(=O)NC(c2ccccc2)(C(F)(F)F)C1=O. The predicted octanol–water partition coefficient (Wildman–Crippen LogP) is 2.96. The maximum absolute atomic E-state index is 13.9. The Balaban J connectivity index is 1.70. The molecule has 29 heavy (non-hydrogen) atoms. The minimum Gasteiger partial charge on any atom is -0.492 e. The van der Waals surface area contributed by atoms with E-state index in [2.05, 4.69) is 0 Å². The number of imide groups is 1. The molecule has 0 aromatic heterocycles. The topological polar surface area (TPSA) is 61.9 Å². The van der Waals surface area contributed by atoms with E-state index < -0.39 is 23.7 Å². The molecule has 9 heteroatoms. The van der Waals surface area contributed by atoms with Crippen molar-refractivity contribution in [3.8, 4) is 5.75 Å². The van der Waals surface area contributed by atoms with Crippen molar-refractivity contribution in [2.75, 3.05) is 26.9 Å². The van der Waals surface area contributed by atoms with E-state index >= 15 is 0 Å². The third-order valence-electron chi connectivity index (χ3n) is 4.61. The molecule has 1 aliphatic rings. The number of nitrogens with one attached hydrogen (secondary N) is 1. The molecule has 1 atom stereocenters. The first-order chi connectivity index (χ1) is 13.8. The van der Waals surface area contributed by atoms with Crippen LogP contribution in [-0.4, -0.2) is 54.8 Å². The molecule has 1 heterocycles. The summed E-state index contributed by atoms with van der Waals surface area (Å²) in [5, 5.41) is 1.87. The molecule has 0 radical (unpaired) electrons. The van der Waals surface area contributed by atoms with Crippen molar-refractivity contribution in [3.05, 3.63) is 66.2 Å². The summed E-state index contributed by atoms with van der Waals surface area (Å²) in [6, 6.07) is 14.6. The van der Waals surface area contributed by atoms with Crippen LogP contribution in [0.25, 0.3) is 0 Å². The second-order valence-electron chi connectivity index (χ2n) is 6.66. The van der Waals surface area contributed by atoms with Crippen molar-refractivity contribution in [2.24, 2.45) is 0 Å². The third-order valence-corrected chi connectivity index (χ3v) is 4.61. The Bertz CT molecular complexity index is 862. The van der Waals surface area contributed by atoms with Gasteiger partial charge in [-0.05, 0) is 24.7 Å². The number of rotatable bonds is 7. The molecule has 2 aromatic carbocycles. The highest BCUT2D eigenvalue weighted by molar-refractivity contribution is 6.08. The number of amides is 3. The summed E-state index contributed by atoms with van der Waals surface area (Å²) < 4.78 is 47.3. The molecule has 1 aliphatic heterocycles. The number of alkyl halides is 3. The Morgan fingerprint density at radius 3 is 2.21 bits per heavy atom. The number of benzene rings is 2. The first-order valence-electron chi connectivity index (χ1n) is 8.88. The zero-order chi connectivity index (χ0) is 21.1. The lowest BCUT2D eigenvalue weighted by molar-refractivity contribution is -0.198. The molecule has 0 spiro atoms.